The standard InChI is InChI=1S/C16H18ClN5O2/c1-9-19-15(24-22-9)14-12(6-7-23-14)20-16-18-8-13(21-16)10-2-4-11(17)5-3-10/h2-5,12-14H,6-8H2,1H3,(H2,18,20,21)/t12-,13?,14+/m0/s1. The molecular weight excluding hydrogens is 330 g/mol. The van der Waals surface area contributed by atoms with Crippen LogP contribution in [0, 0.1) is 6.92 Å². The molecule has 3 atom stereocenters. The van der Waals surface area contributed by atoms with E-state index < -0.39 is 0 Å². The first-order chi connectivity index (χ1) is 11.7. The first-order valence-electron chi connectivity index (χ1n) is 7.94. The monoisotopic (exact) mass is 347 g/mol. The topological polar surface area (TPSA) is 84.6 Å². The van der Waals surface area contributed by atoms with Crippen LogP contribution in [0.15, 0.2) is 33.8 Å². The molecule has 1 aromatic carbocycles. The molecule has 2 aliphatic heterocycles. The SMILES string of the molecule is Cc1noc([C@@H]2OCC[C@@H]2NC2=NCC(c3ccc(Cl)cc3)N2)n1. The van der Waals surface area contributed by atoms with Crippen LogP contribution >= 0.6 is 11.6 Å². The summed E-state index contributed by atoms with van der Waals surface area (Å²) in [5.74, 6) is 1.89. The number of aromatic nitrogens is 2. The summed E-state index contributed by atoms with van der Waals surface area (Å²) in [5.41, 5.74) is 1.16. The predicted octanol–water partition coefficient (Wildman–Crippen LogP) is 2.15. The number of benzene rings is 1. The van der Waals surface area contributed by atoms with Crippen LogP contribution in [0.25, 0.3) is 0 Å². The van der Waals surface area contributed by atoms with Crippen molar-refractivity contribution >= 4 is 17.6 Å². The zero-order valence-corrected chi connectivity index (χ0v) is 14.0. The molecule has 126 valence electrons. The van der Waals surface area contributed by atoms with E-state index in [0.29, 0.717) is 24.9 Å². The van der Waals surface area contributed by atoms with Gasteiger partial charge in [0.05, 0.1) is 18.6 Å². The van der Waals surface area contributed by atoms with E-state index in [1.807, 2.05) is 24.3 Å². The third-order valence-electron chi connectivity index (χ3n) is 4.22. The molecule has 2 aromatic rings. The van der Waals surface area contributed by atoms with Gasteiger partial charge in [0.1, 0.15) is 0 Å². The Labute approximate surface area is 144 Å². The second-order valence-electron chi connectivity index (χ2n) is 5.95. The number of aliphatic imine (C=N–C) groups is 1. The third-order valence-corrected chi connectivity index (χ3v) is 4.47. The van der Waals surface area contributed by atoms with Crippen molar-refractivity contribution in [2.45, 2.75) is 31.5 Å². The molecule has 0 bridgehead atoms. The Morgan fingerprint density at radius 3 is 2.88 bits per heavy atom. The molecule has 4 rings (SSSR count). The summed E-state index contributed by atoms with van der Waals surface area (Å²) in [6, 6.07) is 8.02. The highest BCUT2D eigenvalue weighted by Crippen LogP contribution is 2.28. The molecule has 3 heterocycles. The van der Waals surface area contributed by atoms with E-state index in [0.717, 1.165) is 23.0 Å². The highest BCUT2D eigenvalue weighted by atomic mass is 35.5. The smallest absolute Gasteiger partial charge is 0.257 e. The molecule has 1 aromatic heterocycles. The lowest BCUT2D eigenvalue weighted by Crippen LogP contribution is -2.43. The molecule has 1 fully saturated rings. The summed E-state index contributed by atoms with van der Waals surface area (Å²) in [6.45, 7) is 3.13. The zero-order valence-electron chi connectivity index (χ0n) is 13.2. The maximum atomic E-state index is 5.94. The van der Waals surface area contributed by atoms with E-state index in [-0.39, 0.29) is 18.2 Å². The lowest BCUT2D eigenvalue weighted by Gasteiger charge is -2.19. The van der Waals surface area contributed by atoms with Crippen LogP contribution in [0.1, 0.15) is 35.8 Å². The number of nitrogens with one attached hydrogen (secondary N) is 2. The minimum Gasteiger partial charge on any atom is -0.366 e. The van der Waals surface area contributed by atoms with Gasteiger partial charge < -0.3 is 19.9 Å². The van der Waals surface area contributed by atoms with Gasteiger partial charge in [-0.05, 0) is 31.0 Å². The average molecular weight is 348 g/mol. The van der Waals surface area contributed by atoms with Gasteiger partial charge in [0, 0.05) is 11.6 Å². The van der Waals surface area contributed by atoms with Crippen LogP contribution in [0.3, 0.4) is 0 Å². The minimum absolute atomic E-state index is 0.0556. The fourth-order valence-electron chi connectivity index (χ4n) is 3.00. The van der Waals surface area contributed by atoms with Crippen molar-refractivity contribution in [3.63, 3.8) is 0 Å². The molecule has 0 aliphatic carbocycles. The van der Waals surface area contributed by atoms with Crippen molar-refractivity contribution in [2.24, 2.45) is 4.99 Å². The summed E-state index contributed by atoms with van der Waals surface area (Å²) in [5, 5.41) is 11.4. The number of rotatable bonds is 3. The fraction of sp³-hybridized carbons (Fsp3) is 0.438. The molecule has 0 spiro atoms. The number of hydrogen-bond acceptors (Lipinski definition) is 7. The molecule has 7 nitrogen and oxygen atoms in total. The first-order valence-corrected chi connectivity index (χ1v) is 8.31. The lowest BCUT2D eigenvalue weighted by molar-refractivity contribution is 0.0737. The van der Waals surface area contributed by atoms with Crippen molar-refractivity contribution in [3.05, 3.63) is 46.6 Å². The maximum absolute atomic E-state index is 5.94. The van der Waals surface area contributed by atoms with Crippen LogP contribution in [0.2, 0.25) is 5.02 Å². The molecule has 8 heteroatoms. The van der Waals surface area contributed by atoms with Crippen LogP contribution in [0.4, 0.5) is 0 Å². The van der Waals surface area contributed by atoms with Crippen LogP contribution in [0.5, 0.6) is 0 Å². The third kappa shape index (κ3) is 3.09. The van der Waals surface area contributed by atoms with Gasteiger partial charge in [-0.15, -0.1) is 0 Å². The highest BCUT2D eigenvalue weighted by molar-refractivity contribution is 6.30. The van der Waals surface area contributed by atoms with E-state index in [4.69, 9.17) is 20.9 Å². The van der Waals surface area contributed by atoms with Gasteiger partial charge in [-0.25, -0.2) is 0 Å². The summed E-state index contributed by atoms with van der Waals surface area (Å²) < 4.78 is 11.0. The summed E-state index contributed by atoms with van der Waals surface area (Å²) in [7, 11) is 0. The summed E-state index contributed by atoms with van der Waals surface area (Å²) in [4.78, 5) is 8.82. The summed E-state index contributed by atoms with van der Waals surface area (Å²) >= 11 is 5.94. The normalized spacial score (nSPS) is 26.2. The number of guanidine groups is 1. The van der Waals surface area contributed by atoms with Gasteiger partial charge in [0.2, 0.25) is 0 Å². The molecule has 1 unspecified atom stereocenters. The minimum atomic E-state index is -0.245. The number of halogens is 1. The van der Waals surface area contributed by atoms with Crippen molar-refractivity contribution in [2.75, 3.05) is 13.2 Å². The van der Waals surface area contributed by atoms with Crippen molar-refractivity contribution in [1.82, 2.24) is 20.8 Å². The maximum Gasteiger partial charge on any atom is 0.257 e. The Hall–Kier alpha value is -2.12. The number of nitrogens with zero attached hydrogens (tertiary/aromatic N) is 3. The summed E-state index contributed by atoms with van der Waals surface area (Å²) in [6.07, 6.45) is 0.614. The second kappa shape index (κ2) is 6.41. The Morgan fingerprint density at radius 2 is 2.12 bits per heavy atom. The van der Waals surface area contributed by atoms with E-state index in [9.17, 15) is 0 Å². The van der Waals surface area contributed by atoms with E-state index in [1.165, 1.54) is 0 Å². The lowest BCUT2D eigenvalue weighted by atomic mass is 10.1. The molecule has 2 aliphatic rings. The molecule has 0 radical (unpaired) electrons. The Kier molecular flexibility index (Phi) is 4.12. The van der Waals surface area contributed by atoms with E-state index in [1.54, 1.807) is 6.92 Å². The van der Waals surface area contributed by atoms with Crippen LogP contribution in [-0.2, 0) is 4.74 Å². The first kappa shape index (κ1) is 15.4. The zero-order chi connectivity index (χ0) is 16.5. The van der Waals surface area contributed by atoms with Crippen molar-refractivity contribution < 1.29 is 9.26 Å². The highest BCUT2D eigenvalue weighted by Gasteiger charge is 2.35. The van der Waals surface area contributed by atoms with Gasteiger partial charge >= 0.3 is 0 Å². The van der Waals surface area contributed by atoms with Crippen molar-refractivity contribution in [1.29, 1.82) is 0 Å². The number of aryl methyl sites for hydroxylation is 1. The molecule has 1 saturated heterocycles. The van der Waals surface area contributed by atoms with Gasteiger partial charge in [0.25, 0.3) is 5.89 Å². The fourth-order valence-corrected chi connectivity index (χ4v) is 3.12. The van der Waals surface area contributed by atoms with Gasteiger partial charge in [0.15, 0.2) is 17.9 Å². The molecule has 2 N–H and O–H groups in total. The predicted molar refractivity (Wildman–Crippen MR) is 88.9 cm³/mol. The van der Waals surface area contributed by atoms with Gasteiger partial charge in [-0.1, -0.05) is 28.9 Å². The quantitative estimate of drug-likeness (QED) is 0.885. The molecule has 0 amide bonds. The molecule has 24 heavy (non-hydrogen) atoms. The van der Waals surface area contributed by atoms with Gasteiger partial charge in [-0.3, -0.25) is 4.99 Å². The number of ether oxygens (including phenoxy) is 1. The Morgan fingerprint density at radius 1 is 1.29 bits per heavy atom. The largest absolute Gasteiger partial charge is 0.366 e. The van der Waals surface area contributed by atoms with E-state index >= 15 is 0 Å². The van der Waals surface area contributed by atoms with E-state index in [2.05, 4.69) is 25.8 Å². The average Bonchev–Trinajstić information content (AvgIpc) is 3.30. The Balaban J connectivity index is 1.40. The van der Waals surface area contributed by atoms with Gasteiger partial charge in [-0.2, -0.15) is 4.98 Å². The van der Waals surface area contributed by atoms with Crippen LogP contribution in [-0.4, -0.2) is 35.3 Å². The molecule has 0 saturated carbocycles. The van der Waals surface area contributed by atoms with Crippen molar-refractivity contribution in [3.8, 4) is 0 Å². The molecular formula is C16H18ClN5O2. The van der Waals surface area contributed by atoms with Crippen LogP contribution < -0.4 is 10.6 Å². The second-order valence-corrected chi connectivity index (χ2v) is 6.38. The Bertz CT molecular complexity index is 745. The number of hydrogen-bond donors (Lipinski definition) is 2.